The highest BCUT2D eigenvalue weighted by atomic mass is 16.7. The number of methoxy groups -OCH3 is 1. The molecule has 0 aromatic heterocycles. The number of unbranched alkanes of at least 4 members (excludes halogenated alkanes) is 2. The minimum atomic E-state index is -1.43. The molecule has 10 heteroatoms. The van der Waals surface area contributed by atoms with Crippen LogP contribution in [0.4, 0.5) is 4.79 Å². The first-order valence-corrected chi connectivity index (χ1v) is 19.3. The van der Waals surface area contributed by atoms with Gasteiger partial charge in [-0.2, -0.15) is 0 Å². The van der Waals surface area contributed by atoms with E-state index < -0.39 is 29.4 Å². The lowest BCUT2D eigenvalue weighted by Crippen LogP contribution is -2.70. The van der Waals surface area contributed by atoms with Crippen LogP contribution < -0.4 is 4.74 Å². The molecular formula is C44H56N2O8. The van der Waals surface area contributed by atoms with Gasteiger partial charge in [-0.1, -0.05) is 72.6 Å². The van der Waals surface area contributed by atoms with Crippen LogP contribution in [0.25, 0.3) is 10.8 Å². The molecule has 1 amide bonds. The molecule has 6 atom stereocenters. The maximum absolute atomic E-state index is 14.2. The number of ether oxygens (including phenoxy) is 3. The molecule has 1 saturated carbocycles. The van der Waals surface area contributed by atoms with E-state index >= 15 is 0 Å². The first-order chi connectivity index (χ1) is 26.0. The maximum Gasteiger partial charge on any atom is 0.410 e. The van der Waals surface area contributed by atoms with Gasteiger partial charge in [0.1, 0.15) is 23.1 Å². The van der Waals surface area contributed by atoms with Crippen molar-refractivity contribution in [2.45, 2.75) is 95.6 Å². The van der Waals surface area contributed by atoms with Gasteiger partial charge in [-0.15, -0.1) is 6.58 Å². The molecule has 3 aromatic carbocycles. The van der Waals surface area contributed by atoms with Crippen molar-refractivity contribution in [3.8, 4) is 11.5 Å². The number of carbonyl (C=O) groups is 1. The quantitative estimate of drug-likeness (QED) is 0.0807. The second-order valence-electron chi connectivity index (χ2n) is 15.7. The van der Waals surface area contributed by atoms with E-state index in [1.807, 2.05) is 45.0 Å². The number of aliphatic hydroxyl groups excluding tert-OH is 2. The van der Waals surface area contributed by atoms with Crippen LogP contribution >= 0.6 is 0 Å². The Hall–Kier alpha value is -4.38. The number of phenols is 1. The van der Waals surface area contributed by atoms with Gasteiger partial charge in [0.05, 0.1) is 31.9 Å². The number of carbonyl (C=O) groups excluding carboxylic acids is 1. The minimum Gasteiger partial charge on any atom is -0.508 e. The van der Waals surface area contributed by atoms with E-state index in [9.17, 15) is 20.1 Å². The Kier molecular flexibility index (Phi) is 12.4. The molecule has 10 nitrogen and oxygen atoms in total. The van der Waals surface area contributed by atoms with E-state index in [1.54, 1.807) is 29.2 Å². The summed E-state index contributed by atoms with van der Waals surface area (Å²) < 4.78 is 19.8. The number of hydrogen-bond acceptors (Lipinski definition) is 9. The predicted molar refractivity (Wildman–Crippen MR) is 209 cm³/mol. The van der Waals surface area contributed by atoms with E-state index in [0.717, 1.165) is 53.2 Å². The SMILES string of the molecule is C=CCOC12Oc3ccc(O)cc3C3C(CCCCO)C(CCCCO)C=C(C(=NOC(C)(C)C)CC1N(Cc1cccc4ccccc14)C(=O)OC)C32. The summed E-state index contributed by atoms with van der Waals surface area (Å²) in [5, 5.41) is 37.5. The number of aliphatic hydroxyl groups is 2. The van der Waals surface area contributed by atoms with Crippen LogP contribution in [0.3, 0.4) is 0 Å². The summed E-state index contributed by atoms with van der Waals surface area (Å²) in [6, 6.07) is 18.6. The highest BCUT2D eigenvalue weighted by molar-refractivity contribution is 6.03. The van der Waals surface area contributed by atoms with Crippen molar-refractivity contribution in [1.82, 2.24) is 4.90 Å². The van der Waals surface area contributed by atoms with Crippen LogP contribution in [-0.2, 0) is 20.9 Å². The second kappa shape index (κ2) is 17.0. The van der Waals surface area contributed by atoms with E-state index in [0.29, 0.717) is 24.3 Å². The van der Waals surface area contributed by atoms with Gasteiger partial charge in [0.2, 0.25) is 5.79 Å². The number of phenolic OH excluding ortho intramolecular Hbond substituents is 1. The van der Waals surface area contributed by atoms with Crippen LogP contribution in [0.15, 0.2) is 90.1 Å². The topological polar surface area (TPSA) is 130 Å². The number of aromatic hydroxyl groups is 1. The summed E-state index contributed by atoms with van der Waals surface area (Å²) >= 11 is 0. The Morgan fingerprint density at radius 2 is 1.78 bits per heavy atom. The van der Waals surface area contributed by atoms with E-state index in [1.165, 1.54) is 7.11 Å². The van der Waals surface area contributed by atoms with E-state index in [2.05, 4.69) is 30.9 Å². The molecular weight excluding hydrogens is 684 g/mol. The number of nitrogens with zero attached hydrogens (tertiary/aromatic N) is 2. The van der Waals surface area contributed by atoms with Crippen molar-refractivity contribution in [3.05, 3.63) is 96.1 Å². The lowest BCUT2D eigenvalue weighted by Gasteiger charge is -2.59. The lowest BCUT2D eigenvalue weighted by atomic mass is 9.55. The molecule has 2 aliphatic carbocycles. The normalized spacial score (nSPS) is 25.3. The molecule has 0 bridgehead atoms. The van der Waals surface area contributed by atoms with Gasteiger partial charge in [-0.25, -0.2) is 4.79 Å². The monoisotopic (exact) mass is 740 g/mol. The van der Waals surface area contributed by atoms with Crippen molar-refractivity contribution in [2.24, 2.45) is 22.9 Å². The van der Waals surface area contributed by atoms with Crippen LogP contribution in [0.1, 0.15) is 82.8 Å². The summed E-state index contributed by atoms with van der Waals surface area (Å²) in [6.45, 7) is 10.4. The zero-order valence-electron chi connectivity index (χ0n) is 32.1. The summed E-state index contributed by atoms with van der Waals surface area (Å²) in [6.07, 6.45) is 8.31. The molecule has 54 heavy (non-hydrogen) atoms. The van der Waals surface area contributed by atoms with Crippen molar-refractivity contribution in [2.75, 3.05) is 26.9 Å². The molecule has 6 unspecified atom stereocenters. The van der Waals surface area contributed by atoms with Gasteiger partial charge < -0.3 is 34.4 Å². The first-order valence-electron chi connectivity index (χ1n) is 19.3. The number of fused-ring (bicyclic) bond motifs is 3. The third kappa shape index (κ3) is 8.02. The van der Waals surface area contributed by atoms with Gasteiger partial charge in [0, 0.05) is 31.1 Å². The summed E-state index contributed by atoms with van der Waals surface area (Å²) in [7, 11) is 1.39. The van der Waals surface area contributed by atoms with Gasteiger partial charge in [-0.05, 0) is 98.4 Å². The van der Waals surface area contributed by atoms with Crippen LogP contribution in [0, 0.1) is 17.8 Å². The first kappa shape index (κ1) is 39.3. The molecule has 3 N–H and O–H groups in total. The molecule has 6 rings (SSSR count). The van der Waals surface area contributed by atoms with Crippen molar-refractivity contribution >= 4 is 22.6 Å². The number of oxime groups is 1. The van der Waals surface area contributed by atoms with Crippen molar-refractivity contribution in [3.63, 3.8) is 0 Å². The lowest BCUT2D eigenvalue weighted by molar-refractivity contribution is -0.256. The Morgan fingerprint density at radius 3 is 2.50 bits per heavy atom. The molecule has 1 fully saturated rings. The average Bonchev–Trinajstić information content (AvgIpc) is 3.16. The maximum atomic E-state index is 14.2. The predicted octanol–water partition coefficient (Wildman–Crippen LogP) is 8.25. The molecule has 3 aromatic rings. The van der Waals surface area contributed by atoms with E-state index in [-0.39, 0.29) is 56.3 Å². The Bertz CT molecular complexity index is 1840. The highest BCUT2D eigenvalue weighted by Crippen LogP contribution is 2.62. The molecule has 1 heterocycles. The molecule has 0 spiro atoms. The number of rotatable bonds is 15. The minimum absolute atomic E-state index is 0.0494. The number of hydrogen-bond donors (Lipinski definition) is 3. The zero-order valence-corrected chi connectivity index (χ0v) is 32.1. The average molecular weight is 741 g/mol. The van der Waals surface area contributed by atoms with Gasteiger partial charge in [0.15, 0.2) is 0 Å². The van der Waals surface area contributed by atoms with Crippen molar-refractivity contribution < 1.29 is 39.2 Å². The fraction of sp³-hybridized carbons (Fsp3) is 0.500. The highest BCUT2D eigenvalue weighted by Gasteiger charge is 2.65. The fourth-order valence-electron chi connectivity index (χ4n) is 8.88. The molecule has 290 valence electrons. The Morgan fingerprint density at radius 1 is 1.04 bits per heavy atom. The van der Waals surface area contributed by atoms with Crippen LogP contribution in [-0.4, -0.2) is 76.4 Å². The molecule has 0 radical (unpaired) electrons. The Balaban J connectivity index is 1.61. The number of amides is 1. The number of benzene rings is 3. The molecule has 0 saturated heterocycles. The van der Waals surface area contributed by atoms with Crippen molar-refractivity contribution in [1.29, 1.82) is 0 Å². The van der Waals surface area contributed by atoms with Gasteiger partial charge >= 0.3 is 6.09 Å². The van der Waals surface area contributed by atoms with Gasteiger partial charge in [0.25, 0.3) is 0 Å². The molecule has 1 aliphatic heterocycles. The smallest absolute Gasteiger partial charge is 0.410 e. The van der Waals surface area contributed by atoms with Gasteiger partial charge in [-0.3, -0.25) is 4.90 Å². The zero-order chi connectivity index (χ0) is 38.5. The summed E-state index contributed by atoms with van der Waals surface area (Å²) in [5.74, 6) is -1.31. The fourth-order valence-corrected chi connectivity index (χ4v) is 8.88. The van der Waals surface area contributed by atoms with Crippen LogP contribution in [0.2, 0.25) is 0 Å². The largest absolute Gasteiger partial charge is 0.508 e. The summed E-state index contributed by atoms with van der Waals surface area (Å²) in [4.78, 5) is 22.2. The van der Waals surface area contributed by atoms with E-state index in [4.69, 9.17) is 24.2 Å². The summed E-state index contributed by atoms with van der Waals surface area (Å²) in [5.41, 5.74) is 2.84. The second-order valence-corrected chi connectivity index (χ2v) is 15.7. The third-order valence-corrected chi connectivity index (χ3v) is 11.1. The Labute approximate surface area is 319 Å². The number of allylic oxidation sites excluding steroid dienone is 1. The standard InChI is InChI=1S/C44H56N2O8/c1-6-24-52-44-39(46(42(50)51-5)28-31-17-13-16-29-14-7-8-18-33(29)31)27-37(45-54-43(2,3)4)35-25-30(15-9-11-22-47)34(19-10-12-23-48)40(41(35)44)36-26-32(49)20-21-38(36)53-44/h6-8,13-14,16-18,20-21,25-26,30,34,39-41,47-49H,1,9-12,15,19,22-24,27-28H2,2-5H3. The molecule has 3 aliphatic rings. The third-order valence-electron chi connectivity index (χ3n) is 11.1. The van der Waals surface area contributed by atoms with Crippen LogP contribution in [0.5, 0.6) is 11.5 Å².